The van der Waals surface area contributed by atoms with Crippen molar-refractivity contribution >= 4 is 28.5 Å². The Morgan fingerprint density at radius 3 is 2.78 bits per heavy atom. The molecule has 2 saturated heterocycles. The smallest absolute Gasteiger partial charge is 0.252 e. The Kier molecular flexibility index (Phi) is 4.56. The molecule has 0 saturated carbocycles. The number of benzene rings is 2. The second-order valence-electron chi connectivity index (χ2n) is 7.29. The van der Waals surface area contributed by atoms with Gasteiger partial charge in [0.2, 0.25) is 11.8 Å². The number of nitrogens with one attached hydrogen (secondary N) is 2. The fraction of sp³-hybridized carbons (Fsp3) is 0.381. The molecule has 4 rings (SSSR count). The Morgan fingerprint density at radius 1 is 1.19 bits per heavy atom. The van der Waals surface area contributed by atoms with Gasteiger partial charge < -0.3 is 15.5 Å². The Balaban J connectivity index is 1.50. The van der Waals surface area contributed by atoms with Crippen molar-refractivity contribution in [3.8, 4) is 0 Å². The van der Waals surface area contributed by atoms with Crippen LogP contribution in [0.3, 0.4) is 0 Å². The lowest BCUT2D eigenvalue weighted by Gasteiger charge is -2.34. The van der Waals surface area contributed by atoms with E-state index in [1.54, 1.807) is 11.0 Å². The van der Waals surface area contributed by atoms with Gasteiger partial charge in [0, 0.05) is 18.2 Å². The largest absolute Gasteiger partial charge is 0.347 e. The highest BCUT2D eigenvalue weighted by Gasteiger charge is 2.46. The normalized spacial score (nSPS) is 24.6. The van der Waals surface area contributed by atoms with Crippen LogP contribution in [0.4, 0.5) is 0 Å². The average molecular weight is 365 g/mol. The zero-order valence-electron chi connectivity index (χ0n) is 15.3. The molecule has 6 nitrogen and oxygen atoms in total. The third-order valence-electron chi connectivity index (χ3n) is 5.45. The highest BCUT2D eigenvalue weighted by Crippen LogP contribution is 2.25. The van der Waals surface area contributed by atoms with E-state index in [9.17, 15) is 14.4 Å². The highest BCUT2D eigenvalue weighted by atomic mass is 16.2. The van der Waals surface area contributed by atoms with Crippen molar-refractivity contribution in [3.05, 3.63) is 48.0 Å². The molecule has 2 aromatic carbocycles. The van der Waals surface area contributed by atoms with Crippen LogP contribution in [-0.4, -0.2) is 47.3 Å². The zero-order chi connectivity index (χ0) is 19.0. The summed E-state index contributed by atoms with van der Waals surface area (Å²) in [4.78, 5) is 39.4. The van der Waals surface area contributed by atoms with Gasteiger partial charge in [-0.1, -0.05) is 49.7 Å². The SMILES string of the molecule is CCC[C@@H]1NC(=O)[C@@H]2C[C@H](NC(=O)c3cccc4ccccc34)CN2C1=O. The summed E-state index contributed by atoms with van der Waals surface area (Å²) >= 11 is 0. The molecule has 0 unspecified atom stereocenters. The lowest BCUT2D eigenvalue weighted by atomic mass is 10.0. The molecule has 0 aliphatic carbocycles. The maximum atomic E-state index is 12.8. The first kappa shape index (κ1) is 17.5. The molecule has 0 bridgehead atoms. The van der Waals surface area contributed by atoms with E-state index in [-0.39, 0.29) is 23.8 Å². The van der Waals surface area contributed by atoms with Gasteiger partial charge in [-0.2, -0.15) is 0 Å². The van der Waals surface area contributed by atoms with Crippen LogP contribution in [0.5, 0.6) is 0 Å². The minimum Gasteiger partial charge on any atom is -0.347 e. The number of carbonyl (C=O) groups is 3. The first-order chi connectivity index (χ1) is 13.1. The molecule has 2 aromatic rings. The van der Waals surface area contributed by atoms with Gasteiger partial charge >= 0.3 is 0 Å². The topological polar surface area (TPSA) is 78.5 Å². The first-order valence-electron chi connectivity index (χ1n) is 9.48. The molecule has 0 aromatic heterocycles. The Bertz CT molecular complexity index is 905. The van der Waals surface area contributed by atoms with E-state index in [0.29, 0.717) is 24.9 Å². The molecular formula is C21H23N3O3. The van der Waals surface area contributed by atoms with E-state index in [4.69, 9.17) is 0 Å². The van der Waals surface area contributed by atoms with Crippen molar-refractivity contribution in [1.82, 2.24) is 15.5 Å². The fourth-order valence-electron chi connectivity index (χ4n) is 4.13. The van der Waals surface area contributed by atoms with E-state index in [2.05, 4.69) is 10.6 Å². The summed E-state index contributed by atoms with van der Waals surface area (Å²) in [6.45, 7) is 2.37. The summed E-state index contributed by atoms with van der Waals surface area (Å²) in [7, 11) is 0. The van der Waals surface area contributed by atoms with Gasteiger partial charge in [-0.3, -0.25) is 14.4 Å². The molecule has 0 spiro atoms. The second-order valence-corrected chi connectivity index (χ2v) is 7.29. The molecule has 0 radical (unpaired) electrons. The number of hydrogen-bond donors (Lipinski definition) is 2. The van der Waals surface area contributed by atoms with Crippen LogP contribution in [0.2, 0.25) is 0 Å². The zero-order valence-corrected chi connectivity index (χ0v) is 15.3. The molecule has 2 N–H and O–H groups in total. The number of hydrogen-bond acceptors (Lipinski definition) is 3. The van der Waals surface area contributed by atoms with Crippen molar-refractivity contribution in [2.45, 2.75) is 44.3 Å². The third kappa shape index (κ3) is 3.16. The molecule has 6 heteroatoms. The van der Waals surface area contributed by atoms with E-state index < -0.39 is 12.1 Å². The molecule has 140 valence electrons. The molecule has 3 amide bonds. The number of rotatable bonds is 4. The predicted molar refractivity (Wildman–Crippen MR) is 102 cm³/mol. The maximum absolute atomic E-state index is 12.8. The van der Waals surface area contributed by atoms with Crippen LogP contribution in [0.25, 0.3) is 10.8 Å². The van der Waals surface area contributed by atoms with Crippen LogP contribution >= 0.6 is 0 Å². The van der Waals surface area contributed by atoms with Gasteiger partial charge in [0.05, 0.1) is 0 Å². The second kappa shape index (κ2) is 7.02. The van der Waals surface area contributed by atoms with Crippen LogP contribution in [-0.2, 0) is 9.59 Å². The Hall–Kier alpha value is -2.89. The summed E-state index contributed by atoms with van der Waals surface area (Å²) in [6, 6.07) is 12.2. The minimum absolute atomic E-state index is 0.0386. The maximum Gasteiger partial charge on any atom is 0.252 e. The lowest BCUT2D eigenvalue weighted by Crippen LogP contribution is -2.61. The molecule has 2 aliphatic rings. The van der Waals surface area contributed by atoms with Crippen LogP contribution in [0.15, 0.2) is 42.5 Å². The van der Waals surface area contributed by atoms with Crippen molar-refractivity contribution < 1.29 is 14.4 Å². The Morgan fingerprint density at radius 2 is 1.96 bits per heavy atom. The predicted octanol–water partition coefficient (Wildman–Crippen LogP) is 1.84. The van der Waals surface area contributed by atoms with Crippen molar-refractivity contribution in [3.63, 3.8) is 0 Å². The molecular weight excluding hydrogens is 342 g/mol. The summed E-state index contributed by atoms with van der Waals surface area (Å²) < 4.78 is 0. The average Bonchev–Trinajstić information content (AvgIpc) is 3.10. The summed E-state index contributed by atoms with van der Waals surface area (Å²) in [6.07, 6.45) is 1.92. The molecule has 2 fully saturated rings. The van der Waals surface area contributed by atoms with Crippen LogP contribution < -0.4 is 10.6 Å². The first-order valence-corrected chi connectivity index (χ1v) is 9.48. The number of fused-ring (bicyclic) bond motifs is 2. The molecule has 2 aliphatic heterocycles. The summed E-state index contributed by atoms with van der Waals surface area (Å²) in [5, 5.41) is 7.74. The minimum atomic E-state index is -0.483. The van der Waals surface area contributed by atoms with Crippen molar-refractivity contribution in [1.29, 1.82) is 0 Å². The van der Waals surface area contributed by atoms with E-state index >= 15 is 0 Å². The van der Waals surface area contributed by atoms with Gasteiger partial charge in [0.1, 0.15) is 12.1 Å². The van der Waals surface area contributed by atoms with Crippen LogP contribution in [0.1, 0.15) is 36.5 Å². The molecule has 3 atom stereocenters. The lowest BCUT2D eigenvalue weighted by molar-refractivity contribution is -0.147. The van der Waals surface area contributed by atoms with Gasteiger partial charge in [0.25, 0.3) is 5.91 Å². The van der Waals surface area contributed by atoms with Gasteiger partial charge in [-0.05, 0) is 29.7 Å². The monoisotopic (exact) mass is 365 g/mol. The number of nitrogens with zero attached hydrogens (tertiary/aromatic N) is 1. The van der Waals surface area contributed by atoms with Gasteiger partial charge in [-0.25, -0.2) is 0 Å². The van der Waals surface area contributed by atoms with Crippen molar-refractivity contribution in [2.75, 3.05) is 6.54 Å². The molecule has 27 heavy (non-hydrogen) atoms. The summed E-state index contributed by atoms with van der Waals surface area (Å²) in [5.74, 6) is -0.326. The summed E-state index contributed by atoms with van der Waals surface area (Å²) in [5.41, 5.74) is 0.609. The van der Waals surface area contributed by atoms with E-state index in [1.165, 1.54) is 0 Å². The number of amides is 3. The van der Waals surface area contributed by atoms with Crippen molar-refractivity contribution in [2.24, 2.45) is 0 Å². The third-order valence-corrected chi connectivity index (χ3v) is 5.45. The highest BCUT2D eigenvalue weighted by molar-refractivity contribution is 6.07. The number of piperazine rings is 1. The Labute approximate surface area is 157 Å². The van der Waals surface area contributed by atoms with E-state index in [1.807, 2.05) is 43.3 Å². The number of carbonyl (C=O) groups excluding carboxylic acids is 3. The van der Waals surface area contributed by atoms with E-state index in [0.717, 1.165) is 17.2 Å². The molecule has 2 heterocycles. The van der Waals surface area contributed by atoms with Gasteiger partial charge in [-0.15, -0.1) is 0 Å². The quantitative estimate of drug-likeness (QED) is 0.868. The van der Waals surface area contributed by atoms with Crippen LogP contribution in [0, 0.1) is 0 Å². The van der Waals surface area contributed by atoms with Gasteiger partial charge in [0.15, 0.2) is 0 Å². The fourth-order valence-corrected chi connectivity index (χ4v) is 4.13. The standard InChI is InChI=1S/C21H23N3O3/c1-2-6-17-21(27)24-12-14(11-18(24)20(26)23-17)22-19(25)16-10-5-8-13-7-3-4-9-15(13)16/h3-5,7-10,14,17-18H,2,6,11-12H2,1H3,(H,22,25)(H,23,26)/t14-,17-,18-/m0/s1.